The summed E-state index contributed by atoms with van der Waals surface area (Å²) in [5, 5.41) is 9.16. The number of furan rings is 1. The zero-order chi connectivity index (χ0) is 13.1. The summed E-state index contributed by atoms with van der Waals surface area (Å²) in [4.78, 5) is 22.0. The van der Waals surface area contributed by atoms with Crippen molar-refractivity contribution in [3.8, 4) is 17.1 Å². The van der Waals surface area contributed by atoms with Crippen LogP contribution in [0.5, 0.6) is 5.75 Å². The lowest BCUT2D eigenvalue weighted by atomic mass is 10.0. The Balaban J connectivity index is 2.63. The van der Waals surface area contributed by atoms with Crippen molar-refractivity contribution in [3.63, 3.8) is 0 Å². The summed E-state index contributed by atoms with van der Waals surface area (Å²) in [5.41, 5.74) is 0.672. The first-order chi connectivity index (χ1) is 8.67. The van der Waals surface area contributed by atoms with Crippen LogP contribution in [-0.4, -0.2) is 24.5 Å². The number of carboxylic acid groups (broad SMARTS) is 1. The van der Waals surface area contributed by atoms with Gasteiger partial charge in [-0.25, -0.2) is 4.79 Å². The average Bonchev–Trinajstić information content (AvgIpc) is 2.86. The molecule has 0 saturated carbocycles. The SMILES string of the molecule is COc1ccc(-c2occc2C=O)c(C(=O)O)c1. The standard InChI is InChI=1S/C13H10O5/c1-17-9-2-3-10(11(6-9)13(15)16)12-8(7-14)4-5-18-12/h2-7H,1H3,(H,15,16). The monoisotopic (exact) mass is 246 g/mol. The van der Waals surface area contributed by atoms with Gasteiger partial charge in [0, 0.05) is 5.56 Å². The molecule has 0 atom stereocenters. The van der Waals surface area contributed by atoms with Crippen LogP contribution in [-0.2, 0) is 0 Å². The number of rotatable bonds is 4. The van der Waals surface area contributed by atoms with Crippen LogP contribution in [0.3, 0.4) is 0 Å². The van der Waals surface area contributed by atoms with E-state index in [1.807, 2.05) is 0 Å². The molecule has 0 aliphatic heterocycles. The third-order valence-corrected chi connectivity index (χ3v) is 2.52. The van der Waals surface area contributed by atoms with E-state index in [1.54, 1.807) is 12.1 Å². The molecule has 0 fully saturated rings. The van der Waals surface area contributed by atoms with E-state index < -0.39 is 5.97 Å². The van der Waals surface area contributed by atoms with Gasteiger partial charge in [-0.05, 0) is 24.3 Å². The second kappa shape index (κ2) is 4.75. The highest BCUT2D eigenvalue weighted by Gasteiger charge is 2.17. The summed E-state index contributed by atoms with van der Waals surface area (Å²) in [5.74, 6) is -0.447. The molecule has 92 valence electrons. The van der Waals surface area contributed by atoms with Gasteiger partial charge in [0.05, 0.1) is 24.5 Å². The quantitative estimate of drug-likeness (QED) is 0.838. The van der Waals surface area contributed by atoms with E-state index in [-0.39, 0.29) is 11.3 Å². The van der Waals surface area contributed by atoms with E-state index >= 15 is 0 Å². The van der Waals surface area contributed by atoms with Crippen LogP contribution in [0, 0.1) is 0 Å². The number of benzene rings is 1. The van der Waals surface area contributed by atoms with E-state index in [0.717, 1.165) is 0 Å². The molecule has 0 aliphatic rings. The number of ether oxygens (including phenoxy) is 1. The maximum absolute atomic E-state index is 11.2. The van der Waals surface area contributed by atoms with Crippen molar-refractivity contribution in [3.05, 3.63) is 41.7 Å². The molecular formula is C13H10O5. The lowest BCUT2D eigenvalue weighted by Gasteiger charge is -2.06. The van der Waals surface area contributed by atoms with E-state index in [4.69, 9.17) is 14.3 Å². The van der Waals surface area contributed by atoms with Gasteiger partial charge in [0.15, 0.2) is 6.29 Å². The van der Waals surface area contributed by atoms with Crippen LogP contribution in [0.2, 0.25) is 0 Å². The smallest absolute Gasteiger partial charge is 0.336 e. The molecular weight excluding hydrogens is 236 g/mol. The fourth-order valence-corrected chi connectivity index (χ4v) is 1.66. The number of methoxy groups -OCH3 is 1. The largest absolute Gasteiger partial charge is 0.497 e. The van der Waals surface area contributed by atoms with E-state index in [0.29, 0.717) is 23.2 Å². The van der Waals surface area contributed by atoms with Crippen molar-refractivity contribution < 1.29 is 23.8 Å². The summed E-state index contributed by atoms with van der Waals surface area (Å²) in [7, 11) is 1.45. The highest BCUT2D eigenvalue weighted by Crippen LogP contribution is 2.30. The van der Waals surface area contributed by atoms with Crippen molar-refractivity contribution in [2.24, 2.45) is 0 Å². The molecule has 0 aliphatic carbocycles. The van der Waals surface area contributed by atoms with Crippen molar-refractivity contribution >= 4 is 12.3 Å². The molecule has 0 bridgehead atoms. The van der Waals surface area contributed by atoms with Crippen molar-refractivity contribution in [1.29, 1.82) is 0 Å². The summed E-state index contributed by atoms with van der Waals surface area (Å²) >= 11 is 0. The third kappa shape index (κ3) is 1.98. The molecule has 1 aromatic heterocycles. The topological polar surface area (TPSA) is 76.7 Å². The Bertz CT molecular complexity index is 597. The van der Waals surface area contributed by atoms with Crippen LogP contribution < -0.4 is 4.74 Å². The Morgan fingerprint density at radius 1 is 1.39 bits per heavy atom. The predicted octanol–water partition coefficient (Wildman–Crippen LogP) is 2.47. The minimum atomic E-state index is -1.11. The Kier molecular flexibility index (Phi) is 3.14. The molecule has 0 saturated heterocycles. The maximum Gasteiger partial charge on any atom is 0.336 e. The molecule has 2 aromatic rings. The van der Waals surface area contributed by atoms with E-state index in [1.165, 1.54) is 25.5 Å². The highest BCUT2D eigenvalue weighted by molar-refractivity contribution is 5.98. The van der Waals surface area contributed by atoms with Crippen LogP contribution >= 0.6 is 0 Å². The Labute approximate surface area is 103 Å². The first-order valence-corrected chi connectivity index (χ1v) is 5.11. The molecule has 5 nitrogen and oxygen atoms in total. The molecule has 1 heterocycles. The first-order valence-electron chi connectivity index (χ1n) is 5.11. The predicted molar refractivity (Wildman–Crippen MR) is 63.0 cm³/mol. The number of carbonyl (C=O) groups is 2. The normalized spacial score (nSPS) is 10.1. The van der Waals surface area contributed by atoms with E-state index in [2.05, 4.69) is 0 Å². The summed E-state index contributed by atoms with van der Waals surface area (Å²) in [6, 6.07) is 6.03. The third-order valence-electron chi connectivity index (χ3n) is 2.52. The second-order valence-electron chi connectivity index (χ2n) is 3.54. The van der Waals surface area contributed by atoms with Crippen molar-refractivity contribution in [1.82, 2.24) is 0 Å². The average molecular weight is 246 g/mol. The van der Waals surface area contributed by atoms with Gasteiger partial charge in [-0.3, -0.25) is 4.79 Å². The molecule has 2 rings (SSSR count). The van der Waals surface area contributed by atoms with Gasteiger partial charge in [0.25, 0.3) is 0 Å². The summed E-state index contributed by atoms with van der Waals surface area (Å²) < 4.78 is 10.1. The number of aromatic carboxylic acids is 1. The minimum absolute atomic E-state index is 0.0207. The van der Waals surface area contributed by atoms with Crippen molar-refractivity contribution in [2.45, 2.75) is 0 Å². The van der Waals surface area contributed by atoms with Gasteiger partial charge in [0.1, 0.15) is 11.5 Å². The lowest BCUT2D eigenvalue weighted by molar-refractivity contribution is 0.0697. The molecule has 0 radical (unpaired) electrons. The number of hydrogen-bond donors (Lipinski definition) is 1. The Morgan fingerprint density at radius 3 is 2.78 bits per heavy atom. The van der Waals surface area contributed by atoms with Gasteiger partial charge in [-0.2, -0.15) is 0 Å². The van der Waals surface area contributed by atoms with Crippen LogP contribution in [0.15, 0.2) is 34.9 Å². The van der Waals surface area contributed by atoms with Crippen LogP contribution in [0.25, 0.3) is 11.3 Å². The molecule has 0 amide bonds. The lowest BCUT2D eigenvalue weighted by Crippen LogP contribution is -2.00. The van der Waals surface area contributed by atoms with Gasteiger partial charge in [-0.1, -0.05) is 0 Å². The van der Waals surface area contributed by atoms with Gasteiger partial charge in [-0.15, -0.1) is 0 Å². The summed E-state index contributed by atoms with van der Waals surface area (Å²) in [6.07, 6.45) is 1.96. The van der Waals surface area contributed by atoms with Gasteiger partial charge in [0.2, 0.25) is 0 Å². The highest BCUT2D eigenvalue weighted by atomic mass is 16.5. The number of carboxylic acids is 1. The molecule has 1 N–H and O–H groups in total. The fraction of sp³-hybridized carbons (Fsp3) is 0.0769. The van der Waals surface area contributed by atoms with Gasteiger partial charge < -0.3 is 14.3 Å². The minimum Gasteiger partial charge on any atom is -0.497 e. The zero-order valence-corrected chi connectivity index (χ0v) is 9.54. The van der Waals surface area contributed by atoms with Crippen LogP contribution in [0.4, 0.5) is 0 Å². The number of aldehydes is 1. The molecule has 1 aromatic carbocycles. The van der Waals surface area contributed by atoms with E-state index in [9.17, 15) is 9.59 Å². The van der Waals surface area contributed by atoms with Gasteiger partial charge >= 0.3 is 5.97 Å². The molecule has 18 heavy (non-hydrogen) atoms. The Hall–Kier alpha value is -2.56. The molecule has 0 unspecified atom stereocenters. The number of hydrogen-bond acceptors (Lipinski definition) is 4. The fourth-order valence-electron chi connectivity index (χ4n) is 1.66. The zero-order valence-electron chi connectivity index (χ0n) is 9.54. The maximum atomic E-state index is 11.2. The molecule has 0 spiro atoms. The first kappa shape index (κ1) is 11.9. The van der Waals surface area contributed by atoms with Crippen LogP contribution in [0.1, 0.15) is 20.7 Å². The number of carbonyl (C=O) groups excluding carboxylic acids is 1. The van der Waals surface area contributed by atoms with Crippen molar-refractivity contribution in [2.75, 3.05) is 7.11 Å². The Morgan fingerprint density at radius 2 is 2.17 bits per heavy atom. The second-order valence-corrected chi connectivity index (χ2v) is 3.54. The summed E-state index contributed by atoms with van der Waals surface area (Å²) in [6.45, 7) is 0. The molecule has 5 heteroatoms.